The van der Waals surface area contributed by atoms with Crippen LogP contribution in [-0.2, 0) is 9.84 Å². The highest BCUT2D eigenvalue weighted by molar-refractivity contribution is 7.91. The first kappa shape index (κ1) is 24.9. The Kier molecular flexibility index (Phi) is 9.33. The highest BCUT2D eigenvalue weighted by Gasteiger charge is 2.17. The molecule has 0 aliphatic heterocycles. The van der Waals surface area contributed by atoms with Crippen molar-refractivity contribution in [3.63, 3.8) is 0 Å². The normalized spacial score (nSPS) is 9.66. The van der Waals surface area contributed by atoms with Crippen molar-refractivity contribution in [2.45, 2.75) is 9.79 Å². The van der Waals surface area contributed by atoms with E-state index in [-0.39, 0.29) is 32.8 Å². The van der Waals surface area contributed by atoms with Crippen LogP contribution in [0.5, 0.6) is 0 Å². The minimum absolute atomic E-state index is 0.0833. The van der Waals surface area contributed by atoms with Gasteiger partial charge >= 0.3 is 11.9 Å². The quantitative estimate of drug-likeness (QED) is 0.199. The zero-order chi connectivity index (χ0) is 22.8. The fraction of sp³-hybridized carbons (Fsp3) is 0. The zero-order valence-corrected chi connectivity index (χ0v) is 15.8. The molecule has 13 heteroatoms. The van der Waals surface area contributed by atoms with Gasteiger partial charge in [-0.3, -0.25) is 33.8 Å². The Hall–Kier alpha value is -4.13. The van der Waals surface area contributed by atoms with Gasteiger partial charge in [0.2, 0.25) is 9.84 Å². The van der Waals surface area contributed by atoms with Gasteiger partial charge in [0.25, 0.3) is 0 Å². The Morgan fingerprint density at radius 3 is 1.03 bits per heavy atom. The first-order valence-electron chi connectivity index (χ1n) is 7.43. The first-order valence-corrected chi connectivity index (χ1v) is 8.92. The van der Waals surface area contributed by atoms with E-state index >= 15 is 0 Å². The van der Waals surface area contributed by atoms with Crippen LogP contribution in [0.1, 0.15) is 20.7 Å². The van der Waals surface area contributed by atoms with Gasteiger partial charge in [-0.1, -0.05) is 24.3 Å². The molecule has 12 nitrogen and oxygen atoms in total. The molecule has 0 bridgehead atoms. The number of aromatic carboxylic acids is 2. The maximum atomic E-state index is 12.3. The minimum atomic E-state index is -3.85. The Morgan fingerprint density at radius 2 is 0.862 bits per heavy atom. The predicted octanol–water partition coefficient (Wildman–Crippen LogP) is -6.72. The van der Waals surface area contributed by atoms with Crippen LogP contribution < -0.4 is 44.0 Å². The number of nitrogens with two attached hydrogens (primary N) is 6. The van der Waals surface area contributed by atoms with Gasteiger partial charge in [0, 0.05) is 0 Å². The molecule has 0 atom stereocenters. The largest absolute Gasteiger partial charge is 0.545 e. The molecule has 0 unspecified atom stereocenters. The second-order valence-electron chi connectivity index (χ2n) is 5.13. The summed E-state index contributed by atoms with van der Waals surface area (Å²) in [6.45, 7) is 0. The van der Waals surface area contributed by atoms with Crippen molar-refractivity contribution in [1.82, 2.24) is 0 Å². The molecule has 2 rings (SSSR count). The van der Waals surface area contributed by atoms with E-state index in [2.05, 4.69) is 33.8 Å². The van der Waals surface area contributed by atoms with Crippen molar-refractivity contribution in [1.29, 1.82) is 0 Å². The SMILES string of the molecule is NC(N)=[NH2+].NC(N)=[NH2+].O=C([O-])c1ccc(S(=O)(=O)c2ccc(C(=O)[O-])cc2)cc1. The average Bonchev–Trinajstić information content (AvgIpc) is 2.61. The lowest BCUT2D eigenvalue weighted by molar-refractivity contribution is -0.256. The van der Waals surface area contributed by atoms with Gasteiger partial charge in [0.1, 0.15) is 0 Å². The lowest BCUT2D eigenvalue weighted by Gasteiger charge is -2.08. The summed E-state index contributed by atoms with van der Waals surface area (Å²) >= 11 is 0. The zero-order valence-electron chi connectivity index (χ0n) is 14.9. The molecule has 2 aromatic carbocycles. The van der Waals surface area contributed by atoms with Crippen molar-refractivity contribution >= 4 is 33.7 Å². The second kappa shape index (κ2) is 10.9. The maximum Gasteiger partial charge on any atom is 0.336 e. The van der Waals surface area contributed by atoms with Crippen LogP contribution in [0.25, 0.3) is 0 Å². The van der Waals surface area contributed by atoms with Crippen molar-refractivity contribution in [2.24, 2.45) is 22.9 Å². The Labute approximate surface area is 165 Å². The van der Waals surface area contributed by atoms with Crippen molar-refractivity contribution in [2.75, 3.05) is 0 Å². The highest BCUT2D eigenvalue weighted by Crippen LogP contribution is 2.21. The summed E-state index contributed by atoms with van der Waals surface area (Å²) < 4.78 is 24.5. The Morgan fingerprint density at radius 1 is 0.655 bits per heavy atom. The van der Waals surface area contributed by atoms with Gasteiger partial charge in [-0.2, -0.15) is 0 Å². The summed E-state index contributed by atoms with van der Waals surface area (Å²) in [5, 5.41) is 30.4. The number of guanidine groups is 2. The van der Waals surface area contributed by atoms with Gasteiger partial charge in [0.15, 0.2) is 0 Å². The van der Waals surface area contributed by atoms with Crippen LogP contribution in [0.2, 0.25) is 0 Å². The monoisotopic (exact) mass is 424 g/mol. The molecule has 0 aliphatic rings. The number of carboxylic acid groups (broad SMARTS) is 2. The third kappa shape index (κ3) is 8.87. The molecule has 2 aromatic rings. The highest BCUT2D eigenvalue weighted by atomic mass is 32.2. The number of hydrogen-bond donors (Lipinski definition) is 6. The summed E-state index contributed by atoms with van der Waals surface area (Å²) in [5.41, 5.74) is 18.1. The van der Waals surface area contributed by atoms with E-state index < -0.39 is 21.8 Å². The number of hydrogen-bond acceptors (Lipinski definition) is 6. The molecule has 12 N–H and O–H groups in total. The third-order valence-electron chi connectivity index (χ3n) is 2.80. The smallest absolute Gasteiger partial charge is 0.336 e. The van der Waals surface area contributed by atoms with Crippen LogP contribution in [0, 0.1) is 0 Å². The van der Waals surface area contributed by atoms with Crippen molar-refractivity contribution in [3.05, 3.63) is 59.7 Å². The van der Waals surface area contributed by atoms with Crippen LogP contribution in [-0.4, -0.2) is 32.3 Å². The van der Waals surface area contributed by atoms with Gasteiger partial charge in [0.05, 0.1) is 21.7 Å². The van der Waals surface area contributed by atoms with E-state index in [1.807, 2.05) is 0 Å². The summed E-state index contributed by atoms with van der Waals surface area (Å²) in [5.74, 6) is -2.98. The average molecular weight is 424 g/mol. The summed E-state index contributed by atoms with van der Waals surface area (Å²) in [6.07, 6.45) is 0. The molecule has 0 saturated heterocycles. The number of carboxylic acids is 2. The second-order valence-corrected chi connectivity index (χ2v) is 7.08. The fourth-order valence-corrected chi connectivity index (χ4v) is 2.94. The molecule has 0 spiro atoms. The summed E-state index contributed by atoms with van der Waals surface area (Å²) in [7, 11) is -3.85. The molecule has 156 valence electrons. The van der Waals surface area contributed by atoms with E-state index in [1.165, 1.54) is 0 Å². The lowest BCUT2D eigenvalue weighted by atomic mass is 10.2. The molecule has 0 fully saturated rings. The van der Waals surface area contributed by atoms with E-state index in [0.717, 1.165) is 48.5 Å². The molecule has 0 saturated carbocycles. The molecular weight excluding hydrogens is 404 g/mol. The molecule has 0 heterocycles. The molecule has 0 aliphatic carbocycles. The van der Waals surface area contributed by atoms with Crippen LogP contribution in [0.3, 0.4) is 0 Å². The Balaban J connectivity index is 0.000000837. The minimum Gasteiger partial charge on any atom is -0.545 e. The molecular formula is C16H20N6O6S. The van der Waals surface area contributed by atoms with E-state index in [9.17, 15) is 28.2 Å². The van der Waals surface area contributed by atoms with Crippen LogP contribution in [0.15, 0.2) is 58.3 Å². The molecule has 0 aromatic heterocycles. The van der Waals surface area contributed by atoms with Crippen molar-refractivity contribution in [3.8, 4) is 0 Å². The summed E-state index contributed by atoms with van der Waals surface area (Å²) in [4.78, 5) is 21.0. The van der Waals surface area contributed by atoms with E-state index in [4.69, 9.17) is 0 Å². The number of rotatable bonds is 4. The van der Waals surface area contributed by atoms with Crippen LogP contribution in [0.4, 0.5) is 0 Å². The van der Waals surface area contributed by atoms with Gasteiger partial charge in [-0.25, -0.2) is 8.42 Å². The van der Waals surface area contributed by atoms with Crippen molar-refractivity contribution < 1.29 is 39.0 Å². The van der Waals surface area contributed by atoms with Gasteiger partial charge < -0.3 is 19.8 Å². The molecule has 0 radical (unpaired) electrons. The Bertz CT molecular complexity index is 904. The van der Waals surface area contributed by atoms with E-state index in [1.54, 1.807) is 0 Å². The maximum absolute atomic E-state index is 12.3. The molecule has 0 amide bonds. The number of carbonyl (C=O) groups is 2. The van der Waals surface area contributed by atoms with E-state index in [0.29, 0.717) is 0 Å². The molecule has 29 heavy (non-hydrogen) atoms. The topological polar surface area (TPSA) is 270 Å². The number of benzene rings is 2. The number of carbonyl (C=O) groups excluding carboxylic acids is 2. The fourth-order valence-electron chi connectivity index (χ4n) is 1.68. The van der Waals surface area contributed by atoms with Gasteiger partial charge in [-0.05, 0) is 35.4 Å². The first-order chi connectivity index (χ1) is 13.3. The van der Waals surface area contributed by atoms with Crippen LogP contribution >= 0.6 is 0 Å². The third-order valence-corrected chi connectivity index (χ3v) is 4.59. The number of sulfone groups is 1. The summed E-state index contributed by atoms with van der Waals surface area (Å²) in [6, 6.07) is 9.07. The lowest BCUT2D eigenvalue weighted by Crippen LogP contribution is -2.51. The standard InChI is InChI=1S/C14H10O6S.2CH5N3/c15-13(16)9-1-5-11(6-2-9)21(19,20)12-7-3-10(4-8-12)14(17)18;2*2-1(3)4/h1-8H,(H,15,16)(H,17,18);2*(H5,2,3,4). The van der Waals surface area contributed by atoms with Gasteiger partial charge in [-0.15, -0.1) is 0 Å². The predicted molar refractivity (Wildman–Crippen MR) is 97.6 cm³/mol.